The number of methoxy groups -OCH3 is 1. The molecule has 0 saturated heterocycles. The lowest BCUT2D eigenvalue weighted by Gasteiger charge is -2.13. The number of hydrogen-bond donors (Lipinski definition) is 2. The largest absolute Gasteiger partial charge is 0.465 e. The molecule has 24 heavy (non-hydrogen) atoms. The normalized spacial score (nSPS) is 10.2. The number of rotatable bonds is 4. The van der Waals surface area contributed by atoms with Gasteiger partial charge in [0, 0.05) is 16.6 Å². The van der Waals surface area contributed by atoms with E-state index in [0.717, 1.165) is 5.56 Å². The fraction of sp³-hybridized carbons (Fsp3) is 0.125. The molecule has 2 aromatic rings. The fourth-order valence-corrected chi connectivity index (χ4v) is 2.70. The van der Waals surface area contributed by atoms with Crippen molar-refractivity contribution >= 4 is 63.8 Å². The van der Waals surface area contributed by atoms with Crippen molar-refractivity contribution in [2.24, 2.45) is 0 Å². The second-order valence-corrected chi connectivity index (χ2v) is 6.39. The van der Waals surface area contributed by atoms with E-state index in [0.29, 0.717) is 38.0 Å². The maximum atomic E-state index is 11.6. The zero-order chi connectivity index (χ0) is 17.7. The minimum absolute atomic E-state index is 0.338. The summed E-state index contributed by atoms with van der Waals surface area (Å²) in [6, 6.07) is 9.95. The predicted octanol–water partition coefficient (Wildman–Crippen LogP) is 4.92. The predicted molar refractivity (Wildman–Crippen MR) is 102 cm³/mol. The van der Waals surface area contributed by atoms with Gasteiger partial charge < -0.3 is 15.4 Å². The summed E-state index contributed by atoms with van der Waals surface area (Å²) in [4.78, 5) is 11.6. The summed E-state index contributed by atoms with van der Waals surface area (Å²) in [6.07, 6.45) is 0. The molecule has 0 bridgehead atoms. The van der Waals surface area contributed by atoms with Crippen LogP contribution in [0.4, 0.5) is 5.69 Å². The molecule has 0 amide bonds. The number of nitrogens with one attached hydrogen (secondary N) is 2. The minimum atomic E-state index is -0.457. The van der Waals surface area contributed by atoms with Gasteiger partial charge >= 0.3 is 5.97 Å². The van der Waals surface area contributed by atoms with Crippen molar-refractivity contribution in [3.63, 3.8) is 0 Å². The average Bonchev–Trinajstić information content (AvgIpc) is 2.55. The number of esters is 1. The molecule has 0 aliphatic rings. The highest BCUT2D eigenvalue weighted by atomic mass is 35.5. The van der Waals surface area contributed by atoms with Crippen LogP contribution in [-0.4, -0.2) is 18.2 Å². The van der Waals surface area contributed by atoms with E-state index >= 15 is 0 Å². The molecule has 0 spiro atoms. The van der Waals surface area contributed by atoms with E-state index in [4.69, 9.17) is 47.0 Å². The Hall–Kier alpha value is -1.53. The topological polar surface area (TPSA) is 50.4 Å². The molecular formula is C16H13Cl3N2O2S. The van der Waals surface area contributed by atoms with Crippen LogP contribution < -0.4 is 10.6 Å². The summed E-state index contributed by atoms with van der Waals surface area (Å²) >= 11 is 23.3. The number of halogens is 3. The smallest absolute Gasteiger partial charge is 0.337 e. The van der Waals surface area contributed by atoms with Crippen LogP contribution in [0.25, 0.3) is 0 Å². The van der Waals surface area contributed by atoms with E-state index in [9.17, 15) is 4.79 Å². The molecule has 126 valence electrons. The Labute approximate surface area is 160 Å². The minimum Gasteiger partial charge on any atom is -0.465 e. The first-order valence-electron chi connectivity index (χ1n) is 6.77. The van der Waals surface area contributed by atoms with Crippen LogP contribution >= 0.6 is 47.0 Å². The number of carbonyl (C=O) groups excluding carboxylic acids is 1. The van der Waals surface area contributed by atoms with Gasteiger partial charge in [-0.15, -0.1) is 0 Å². The zero-order valence-electron chi connectivity index (χ0n) is 12.5. The second-order valence-electron chi connectivity index (χ2n) is 4.73. The molecule has 8 heteroatoms. The van der Waals surface area contributed by atoms with Gasteiger partial charge in [0.25, 0.3) is 0 Å². The summed E-state index contributed by atoms with van der Waals surface area (Å²) in [5, 5.41) is 7.83. The van der Waals surface area contributed by atoms with Gasteiger partial charge in [-0.05, 0) is 48.1 Å². The standard InChI is InChI=1S/C16H13Cl3N2O2S/c1-23-15(22)9-3-5-12(18)14(6-9)21-16(24)20-8-10-2-4-11(17)7-13(10)19/h2-7H,8H2,1H3,(H2,20,21,24). The molecule has 4 nitrogen and oxygen atoms in total. The van der Waals surface area contributed by atoms with Gasteiger partial charge in [0.2, 0.25) is 0 Å². The average molecular weight is 404 g/mol. The van der Waals surface area contributed by atoms with Crippen molar-refractivity contribution in [3.05, 3.63) is 62.6 Å². The molecule has 2 aromatic carbocycles. The highest BCUT2D eigenvalue weighted by Crippen LogP contribution is 2.24. The molecule has 0 heterocycles. The van der Waals surface area contributed by atoms with Gasteiger partial charge in [-0.2, -0.15) is 0 Å². The lowest BCUT2D eigenvalue weighted by molar-refractivity contribution is 0.0601. The van der Waals surface area contributed by atoms with E-state index in [1.165, 1.54) is 7.11 Å². The van der Waals surface area contributed by atoms with Gasteiger partial charge in [-0.25, -0.2) is 4.79 Å². The molecular weight excluding hydrogens is 391 g/mol. The van der Waals surface area contributed by atoms with Crippen LogP contribution in [0.2, 0.25) is 15.1 Å². The Kier molecular flexibility index (Phi) is 6.69. The van der Waals surface area contributed by atoms with Crippen molar-refractivity contribution in [1.82, 2.24) is 5.32 Å². The Balaban J connectivity index is 2.03. The quantitative estimate of drug-likeness (QED) is 0.560. The molecule has 0 aliphatic carbocycles. The molecule has 0 aliphatic heterocycles. The third-order valence-corrected chi connectivity index (χ3v) is 4.25. The van der Waals surface area contributed by atoms with E-state index in [1.807, 2.05) is 6.07 Å². The van der Waals surface area contributed by atoms with Crippen molar-refractivity contribution in [2.45, 2.75) is 6.54 Å². The van der Waals surface area contributed by atoms with Crippen LogP contribution in [0.15, 0.2) is 36.4 Å². The van der Waals surface area contributed by atoms with Gasteiger partial charge in [0.1, 0.15) is 0 Å². The summed E-state index contributed by atoms with van der Waals surface area (Å²) in [5.41, 5.74) is 1.71. The number of hydrogen-bond acceptors (Lipinski definition) is 3. The molecule has 0 radical (unpaired) electrons. The molecule has 0 aromatic heterocycles. The van der Waals surface area contributed by atoms with E-state index in [2.05, 4.69) is 15.4 Å². The summed E-state index contributed by atoms with van der Waals surface area (Å²) in [6.45, 7) is 0.413. The monoisotopic (exact) mass is 402 g/mol. The first-order chi connectivity index (χ1) is 11.4. The Morgan fingerprint density at radius 1 is 1.12 bits per heavy atom. The van der Waals surface area contributed by atoms with Gasteiger partial charge in [-0.1, -0.05) is 40.9 Å². The first-order valence-corrected chi connectivity index (χ1v) is 8.31. The molecule has 0 saturated carbocycles. The van der Waals surface area contributed by atoms with Crippen LogP contribution in [-0.2, 0) is 11.3 Å². The number of benzene rings is 2. The molecule has 0 atom stereocenters. The third kappa shape index (κ3) is 4.98. The van der Waals surface area contributed by atoms with Crippen molar-refractivity contribution in [2.75, 3.05) is 12.4 Å². The van der Waals surface area contributed by atoms with E-state index < -0.39 is 5.97 Å². The number of anilines is 1. The third-order valence-electron chi connectivity index (χ3n) is 3.09. The maximum Gasteiger partial charge on any atom is 0.337 e. The lowest BCUT2D eigenvalue weighted by atomic mass is 10.2. The van der Waals surface area contributed by atoms with Gasteiger partial charge in [-0.3, -0.25) is 0 Å². The van der Waals surface area contributed by atoms with Gasteiger partial charge in [0.05, 0.1) is 23.4 Å². The highest BCUT2D eigenvalue weighted by molar-refractivity contribution is 7.80. The zero-order valence-corrected chi connectivity index (χ0v) is 15.6. The lowest BCUT2D eigenvalue weighted by Crippen LogP contribution is -2.28. The number of carbonyl (C=O) groups is 1. The van der Waals surface area contributed by atoms with Crippen molar-refractivity contribution in [1.29, 1.82) is 0 Å². The number of ether oxygens (including phenoxy) is 1. The highest BCUT2D eigenvalue weighted by Gasteiger charge is 2.10. The van der Waals surface area contributed by atoms with Crippen LogP contribution in [0.5, 0.6) is 0 Å². The molecule has 2 rings (SSSR count). The Bertz CT molecular complexity index is 784. The Morgan fingerprint density at radius 2 is 1.88 bits per heavy atom. The summed E-state index contributed by atoms with van der Waals surface area (Å²) in [7, 11) is 1.31. The maximum absolute atomic E-state index is 11.6. The molecule has 0 fully saturated rings. The van der Waals surface area contributed by atoms with Crippen LogP contribution in [0, 0.1) is 0 Å². The first kappa shape index (κ1) is 18.8. The number of thiocarbonyl (C=S) groups is 1. The van der Waals surface area contributed by atoms with E-state index in [1.54, 1.807) is 30.3 Å². The second kappa shape index (κ2) is 8.53. The molecule has 2 N–H and O–H groups in total. The SMILES string of the molecule is COC(=O)c1ccc(Cl)c(NC(=S)NCc2ccc(Cl)cc2Cl)c1. The molecule has 0 unspecified atom stereocenters. The summed E-state index contributed by atoms with van der Waals surface area (Å²) < 4.78 is 4.68. The summed E-state index contributed by atoms with van der Waals surface area (Å²) in [5.74, 6) is -0.457. The van der Waals surface area contributed by atoms with Crippen molar-refractivity contribution in [3.8, 4) is 0 Å². The fourth-order valence-electron chi connectivity index (χ4n) is 1.87. The van der Waals surface area contributed by atoms with Crippen molar-refractivity contribution < 1.29 is 9.53 Å². The van der Waals surface area contributed by atoms with Crippen LogP contribution in [0.1, 0.15) is 15.9 Å². The van der Waals surface area contributed by atoms with Gasteiger partial charge in [0.15, 0.2) is 5.11 Å². The van der Waals surface area contributed by atoms with E-state index in [-0.39, 0.29) is 0 Å². The Morgan fingerprint density at radius 3 is 2.54 bits per heavy atom. The van der Waals surface area contributed by atoms with Crippen LogP contribution in [0.3, 0.4) is 0 Å².